The van der Waals surface area contributed by atoms with Crippen molar-refractivity contribution in [2.75, 3.05) is 13.2 Å². The summed E-state index contributed by atoms with van der Waals surface area (Å²) in [5, 5.41) is 18.2. The van der Waals surface area contributed by atoms with Crippen LogP contribution in [0.4, 0.5) is 0 Å². The first-order valence-corrected chi connectivity index (χ1v) is 4.92. The molecule has 0 amide bonds. The minimum Gasteiger partial charge on any atom is -0.396 e. The van der Waals surface area contributed by atoms with Crippen LogP contribution >= 0.6 is 0 Å². The van der Waals surface area contributed by atoms with Crippen LogP contribution in [-0.4, -0.2) is 23.4 Å². The van der Waals surface area contributed by atoms with Crippen molar-refractivity contribution in [2.45, 2.75) is 33.6 Å². The molecule has 0 aliphatic rings. The third-order valence-electron chi connectivity index (χ3n) is 2.95. The maximum Gasteiger partial charge on any atom is 0.0465 e. The number of hydrogen-bond acceptors (Lipinski definition) is 2. The van der Waals surface area contributed by atoms with Crippen molar-refractivity contribution >= 4 is 0 Å². The first kappa shape index (κ1) is 11.9. The van der Waals surface area contributed by atoms with Crippen LogP contribution in [0.1, 0.15) is 33.6 Å². The molecule has 0 fully saturated rings. The molecule has 74 valence electrons. The van der Waals surface area contributed by atoms with E-state index in [1.165, 1.54) is 0 Å². The minimum atomic E-state index is 0.200. The molecule has 3 atom stereocenters. The fraction of sp³-hybridized carbons (Fsp3) is 1.00. The molecule has 2 N–H and O–H groups in total. The van der Waals surface area contributed by atoms with E-state index < -0.39 is 0 Å². The highest BCUT2D eigenvalue weighted by molar-refractivity contribution is 4.72. The number of hydrogen-bond donors (Lipinski definition) is 2. The molecule has 3 unspecified atom stereocenters. The van der Waals surface area contributed by atoms with Crippen LogP contribution in [0.15, 0.2) is 0 Å². The summed E-state index contributed by atoms with van der Waals surface area (Å²) in [6.45, 7) is 6.72. The second kappa shape index (κ2) is 6.44. The summed E-state index contributed by atoms with van der Waals surface area (Å²) in [6, 6.07) is 0. The van der Waals surface area contributed by atoms with Crippen LogP contribution in [0.25, 0.3) is 0 Å². The normalized spacial score (nSPS) is 18.8. The average Bonchev–Trinajstić information content (AvgIpc) is 2.12. The lowest BCUT2D eigenvalue weighted by molar-refractivity contribution is 0.0810. The standard InChI is InChI=1S/C10H22O2/c1-4-8(3)10(7-12)9(5-2)6-11/h8-12H,4-7H2,1-3H3. The third kappa shape index (κ3) is 3.11. The van der Waals surface area contributed by atoms with Crippen LogP contribution < -0.4 is 0 Å². The van der Waals surface area contributed by atoms with Crippen molar-refractivity contribution in [2.24, 2.45) is 17.8 Å². The Balaban J connectivity index is 4.09. The van der Waals surface area contributed by atoms with Crippen molar-refractivity contribution in [3.63, 3.8) is 0 Å². The summed E-state index contributed by atoms with van der Waals surface area (Å²) in [7, 11) is 0. The Kier molecular flexibility index (Phi) is 6.39. The van der Waals surface area contributed by atoms with Gasteiger partial charge in [-0.1, -0.05) is 33.6 Å². The second-order valence-electron chi connectivity index (χ2n) is 3.58. The molecule has 0 heterocycles. The highest BCUT2D eigenvalue weighted by atomic mass is 16.3. The molecular weight excluding hydrogens is 152 g/mol. The zero-order chi connectivity index (χ0) is 9.56. The fourth-order valence-corrected chi connectivity index (χ4v) is 1.66. The maximum absolute atomic E-state index is 9.15. The van der Waals surface area contributed by atoms with Gasteiger partial charge in [0.05, 0.1) is 0 Å². The van der Waals surface area contributed by atoms with Crippen LogP contribution in [-0.2, 0) is 0 Å². The second-order valence-corrected chi connectivity index (χ2v) is 3.58. The molecule has 0 rings (SSSR count). The highest BCUT2D eigenvalue weighted by Gasteiger charge is 2.23. The summed E-state index contributed by atoms with van der Waals surface area (Å²) in [5.41, 5.74) is 0. The summed E-state index contributed by atoms with van der Waals surface area (Å²) < 4.78 is 0. The van der Waals surface area contributed by atoms with Crippen molar-refractivity contribution < 1.29 is 10.2 Å². The molecule has 0 aliphatic carbocycles. The van der Waals surface area contributed by atoms with Gasteiger partial charge in [0.25, 0.3) is 0 Å². The molecule has 0 bridgehead atoms. The van der Waals surface area contributed by atoms with Gasteiger partial charge in [-0.2, -0.15) is 0 Å². The monoisotopic (exact) mass is 174 g/mol. The van der Waals surface area contributed by atoms with Gasteiger partial charge in [0.1, 0.15) is 0 Å². The Morgan fingerprint density at radius 1 is 1.00 bits per heavy atom. The molecule has 0 spiro atoms. The quantitative estimate of drug-likeness (QED) is 0.643. The van der Waals surface area contributed by atoms with E-state index in [4.69, 9.17) is 10.2 Å². The van der Waals surface area contributed by atoms with E-state index in [2.05, 4.69) is 20.8 Å². The Morgan fingerprint density at radius 3 is 1.83 bits per heavy atom. The van der Waals surface area contributed by atoms with Gasteiger partial charge in [-0.3, -0.25) is 0 Å². The van der Waals surface area contributed by atoms with E-state index in [9.17, 15) is 0 Å². The van der Waals surface area contributed by atoms with Crippen LogP contribution in [0, 0.1) is 17.8 Å². The molecule has 0 aromatic heterocycles. The number of rotatable bonds is 6. The van der Waals surface area contributed by atoms with Crippen molar-refractivity contribution in [1.82, 2.24) is 0 Å². The molecule has 0 saturated heterocycles. The first-order chi connectivity index (χ1) is 5.71. The Morgan fingerprint density at radius 2 is 1.58 bits per heavy atom. The molecule has 0 aliphatic heterocycles. The number of aliphatic hydroxyl groups excluding tert-OH is 2. The van der Waals surface area contributed by atoms with Crippen LogP contribution in [0.3, 0.4) is 0 Å². The van der Waals surface area contributed by atoms with E-state index in [0.29, 0.717) is 5.92 Å². The van der Waals surface area contributed by atoms with E-state index in [1.54, 1.807) is 0 Å². The smallest absolute Gasteiger partial charge is 0.0465 e. The largest absolute Gasteiger partial charge is 0.396 e. The molecule has 0 saturated carbocycles. The van der Waals surface area contributed by atoms with Gasteiger partial charge < -0.3 is 10.2 Å². The lowest BCUT2D eigenvalue weighted by atomic mass is 9.81. The van der Waals surface area contributed by atoms with Gasteiger partial charge in [0.15, 0.2) is 0 Å². The first-order valence-electron chi connectivity index (χ1n) is 4.92. The molecule has 0 radical (unpaired) electrons. The third-order valence-corrected chi connectivity index (χ3v) is 2.95. The Bertz CT molecular complexity index is 100. The van der Waals surface area contributed by atoms with Gasteiger partial charge in [0.2, 0.25) is 0 Å². The topological polar surface area (TPSA) is 40.5 Å². The average molecular weight is 174 g/mol. The highest BCUT2D eigenvalue weighted by Crippen LogP contribution is 2.25. The predicted molar refractivity (Wildman–Crippen MR) is 50.9 cm³/mol. The van der Waals surface area contributed by atoms with Crippen molar-refractivity contribution in [1.29, 1.82) is 0 Å². The lowest BCUT2D eigenvalue weighted by Gasteiger charge is -2.27. The van der Waals surface area contributed by atoms with E-state index in [0.717, 1.165) is 12.8 Å². The molecule has 2 heteroatoms. The van der Waals surface area contributed by atoms with Gasteiger partial charge >= 0.3 is 0 Å². The molecule has 0 aromatic carbocycles. The SMILES string of the molecule is CCC(C)C(CO)C(CC)CO. The van der Waals surface area contributed by atoms with E-state index >= 15 is 0 Å². The van der Waals surface area contributed by atoms with Crippen LogP contribution in [0.2, 0.25) is 0 Å². The van der Waals surface area contributed by atoms with Gasteiger partial charge in [-0.25, -0.2) is 0 Å². The zero-order valence-electron chi connectivity index (χ0n) is 8.45. The predicted octanol–water partition coefficient (Wildman–Crippen LogP) is 1.66. The van der Waals surface area contributed by atoms with E-state index in [1.807, 2.05) is 0 Å². The van der Waals surface area contributed by atoms with Gasteiger partial charge in [0, 0.05) is 13.2 Å². The van der Waals surface area contributed by atoms with Gasteiger partial charge in [-0.15, -0.1) is 0 Å². The van der Waals surface area contributed by atoms with Crippen LogP contribution in [0.5, 0.6) is 0 Å². The number of aliphatic hydroxyl groups is 2. The zero-order valence-corrected chi connectivity index (χ0v) is 8.45. The minimum absolute atomic E-state index is 0.200. The molecule has 0 aromatic rings. The maximum atomic E-state index is 9.15. The van der Waals surface area contributed by atoms with E-state index in [-0.39, 0.29) is 25.0 Å². The Hall–Kier alpha value is -0.0800. The molecular formula is C10H22O2. The summed E-state index contributed by atoms with van der Waals surface area (Å²) >= 11 is 0. The summed E-state index contributed by atoms with van der Waals surface area (Å²) in [4.78, 5) is 0. The molecule has 12 heavy (non-hydrogen) atoms. The molecule has 2 nitrogen and oxygen atoms in total. The fourth-order valence-electron chi connectivity index (χ4n) is 1.66. The van der Waals surface area contributed by atoms with Crippen molar-refractivity contribution in [3.8, 4) is 0 Å². The summed E-state index contributed by atoms with van der Waals surface area (Å²) in [5.74, 6) is 1.04. The lowest BCUT2D eigenvalue weighted by Crippen LogP contribution is -2.27. The van der Waals surface area contributed by atoms with Crippen molar-refractivity contribution in [3.05, 3.63) is 0 Å². The summed E-state index contributed by atoms with van der Waals surface area (Å²) in [6.07, 6.45) is 2.02. The van der Waals surface area contributed by atoms with Gasteiger partial charge in [-0.05, 0) is 17.8 Å². The Labute approximate surface area is 75.6 Å².